The van der Waals surface area contributed by atoms with Gasteiger partial charge in [0.1, 0.15) is 5.82 Å². The maximum Gasteiger partial charge on any atom is 0.416 e. The highest BCUT2D eigenvalue weighted by molar-refractivity contribution is 5.82. The number of hydrogen-bond donors (Lipinski definition) is 1. The van der Waals surface area contributed by atoms with Crippen molar-refractivity contribution in [2.45, 2.75) is 33.0 Å². The van der Waals surface area contributed by atoms with E-state index in [9.17, 15) is 22.4 Å². The molecule has 1 atom stereocenters. The third kappa shape index (κ3) is 3.29. The van der Waals surface area contributed by atoms with Crippen LogP contribution in [0.2, 0.25) is 0 Å². The Morgan fingerprint density at radius 2 is 1.95 bits per heavy atom. The third-order valence-corrected chi connectivity index (χ3v) is 3.58. The summed E-state index contributed by atoms with van der Waals surface area (Å²) in [5.74, 6) is -1.28. The lowest BCUT2D eigenvalue weighted by molar-refractivity contribution is -0.137. The topological polar surface area (TPSA) is 29.1 Å². The predicted octanol–water partition coefficient (Wildman–Crippen LogP) is 3.51. The van der Waals surface area contributed by atoms with Gasteiger partial charge in [-0.25, -0.2) is 4.39 Å². The van der Waals surface area contributed by atoms with Gasteiger partial charge in [0.2, 0.25) is 5.91 Å². The zero-order chi connectivity index (χ0) is 15.1. The van der Waals surface area contributed by atoms with Gasteiger partial charge in [-0.2, -0.15) is 13.2 Å². The van der Waals surface area contributed by atoms with E-state index in [0.29, 0.717) is 6.07 Å². The first kappa shape index (κ1) is 14.8. The lowest BCUT2D eigenvalue weighted by atomic mass is 10.1. The van der Waals surface area contributed by atoms with Gasteiger partial charge in [0.25, 0.3) is 0 Å². The van der Waals surface area contributed by atoms with Crippen LogP contribution in [0.15, 0.2) is 18.2 Å². The first-order valence-electron chi connectivity index (χ1n) is 6.24. The fourth-order valence-corrected chi connectivity index (χ4v) is 2.14. The van der Waals surface area contributed by atoms with Gasteiger partial charge in [-0.1, -0.05) is 13.8 Å². The Bertz CT molecular complexity index is 536. The SMILES string of the molecule is CC1(C)C[C@H]1C(=O)NCc1cc(F)cc(C(F)(F)F)c1. The number of carbonyl (C=O) groups is 1. The molecular weight excluding hydrogens is 274 g/mol. The fourth-order valence-electron chi connectivity index (χ4n) is 2.14. The zero-order valence-electron chi connectivity index (χ0n) is 11.1. The Balaban J connectivity index is 2.03. The third-order valence-electron chi connectivity index (χ3n) is 3.58. The fraction of sp³-hybridized carbons (Fsp3) is 0.500. The molecule has 0 aliphatic heterocycles. The quantitative estimate of drug-likeness (QED) is 0.848. The maximum atomic E-state index is 13.2. The number of alkyl halides is 3. The molecule has 0 spiro atoms. The van der Waals surface area contributed by atoms with E-state index in [4.69, 9.17) is 0 Å². The van der Waals surface area contributed by atoms with Crippen LogP contribution in [0, 0.1) is 17.2 Å². The van der Waals surface area contributed by atoms with E-state index in [1.54, 1.807) is 0 Å². The van der Waals surface area contributed by atoms with Gasteiger partial charge >= 0.3 is 6.18 Å². The first-order chi connectivity index (χ1) is 9.09. The summed E-state index contributed by atoms with van der Waals surface area (Å²) < 4.78 is 50.8. The van der Waals surface area contributed by atoms with Gasteiger partial charge in [-0.15, -0.1) is 0 Å². The number of nitrogens with one attached hydrogen (secondary N) is 1. The Morgan fingerprint density at radius 1 is 1.35 bits per heavy atom. The van der Waals surface area contributed by atoms with Crippen molar-refractivity contribution in [2.75, 3.05) is 0 Å². The van der Waals surface area contributed by atoms with E-state index < -0.39 is 17.6 Å². The molecule has 0 heterocycles. The number of amides is 1. The van der Waals surface area contributed by atoms with E-state index in [-0.39, 0.29) is 29.3 Å². The second-order valence-corrected chi connectivity index (χ2v) is 5.81. The Kier molecular flexibility index (Phi) is 3.52. The first-order valence-corrected chi connectivity index (χ1v) is 6.24. The molecule has 0 saturated heterocycles. The number of rotatable bonds is 3. The molecule has 1 fully saturated rings. The van der Waals surface area contributed by atoms with Crippen molar-refractivity contribution in [3.8, 4) is 0 Å². The minimum absolute atomic E-state index is 0.0524. The van der Waals surface area contributed by atoms with E-state index >= 15 is 0 Å². The molecule has 0 aromatic heterocycles. The second-order valence-electron chi connectivity index (χ2n) is 5.81. The summed E-state index contributed by atoms with van der Waals surface area (Å²) in [5, 5.41) is 2.55. The molecule has 0 unspecified atom stereocenters. The summed E-state index contributed by atoms with van der Waals surface area (Å²) in [4.78, 5) is 11.7. The van der Waals surface area contributed by atoms with Gasteiger partial charge in [-0.05, 0) is 35.6 Å². The summed E-state index contributed by atoms with van der Waals surface area (Å²) in [5.41, 5.74) is -0.999. The van der Waals surface area contributed by atoms with Gasteiger partial charge in [0, 0.05) is 12.5 Å². The van der Waals surface area contributed by atoms with Gasteiger partial charge in [-0.3, -0.25) is 4.79 Å². The molecule has 2 nitrogen and oxygen atoms in total. The molecule has 1 aromatic rings. The molecule has 20 heavy (non-hydrogen) atoms. The van der Waals surface area contributed by atoms with Crippen molar-refractivity contribution in [3.63, 3.8) is 0 Å². The highest BCUT2D eigenvalue weighted by atomic mass is 19.4. The van der Waals surface area contributed by atoms with Crippen LogP contribution < -0.4 is 5.32 Å². The van der Waals surface area contributed by atoms with Crippen LogP contribution in [-0.2, 0) is 17.5 Å². The van der Waals surface area contributed by atoms with Crippen molar-refractivity contribution in [3.05, 3.63) is 35.1 Å². The monoisotopic (exact) mass is 289 g/mol. The average Bonchev–Trinajstić information content (AvgIpc) is 2.94. The van der Waals surface area contributed by atoms with Gasteiger partial charge in [0.15, 0.2) is 0 Å². The highest BCUT2D eigenvalue weighted by Gasteiger charge is 2.50. The Morgan fingerprint density at radius 3 is 2.45 bits per heavy atom. The normalized spacial score (nSPS) is 20.6. The van der Waals surface area contributed by atoms with Crippen LogP contribution in [-0.4, -0.2) is 5.91 Å². The van der Waals surface area contributed by atoms with Crippen LogP contribution >= 0.6 is 0 Å². The number of benzene rings is 1. The van der Waals surface area contributed by atoms with Crippen molar-refractivity contribution in [2.24, 2.45) is 11.3 Å². The number of halogens is 4. The van der Waals surface area contributed by atoms with Crippen LogP contribution in [0.25, 0.3) is 0 Å². The molecule has 1 aliphatic rings. The summed E-state index contributed by atoms with van der Waals surface area (Å²) in [6, 6.07) is 2.28. The highest BCUT2D eigenvalue weighted by Crippen LogP contribution is 2.51. The van der Waals surface area contributed by atoms with Gasteiger partial charge < -0.3 is 5.32 Å². The summed E-state index contributed by atoms with van der Waals surface area (Å²) in [7, 11) is 0. The summed E-state index contributed by atoms with van der Waals surface area (Å²) in [6.07, 6.45) is -3.84. The van der Waals surface area contributed by atoms with Crippen LogP contribution in [0.5, 0.6) is 0 Å². The van der Waals surface area contributed by atoms with Crippen molar-refractivity contribution in [1.82, 2.24) is 5.32 Å². The minimum Gasteiger partial charge on any atom is -0.352 e. The molecule has 6 heteroatoms. The molecule has 1 aliphatic carbocycles. The lowest BCUT2D eigenvalue weighted by Crippen LogP contribution is -2.26. The van der Waals surface area contributed by atoms with Gasteiger partial charge in [0.05, 0.1) is 5.56 Å². The molecule has 0 radical (unpaired) electrons. The molecule has 0 bridgehead atoms. The molecule has 2 rings (SSSR count). The average molecular weight is 289 g/mol. The van der Waals surface area contributed by atoms with Crippen LogP contribution in [0.3, 0.4) is 0 Å². The number of hydrogen-bond acceptors (Lipinski definition) is 1. The van der Waals surface area contributed by atoms with Crippen molar-refractivity contribution in [1.29, 1.82) is 0 Å². The van der Waals surface area contributed by atoms with Crippen molar-refractivity contribution >= 4 is 5.91 Å². The molecule has 1 N–H and O–H groups in total. The second kappa shape index (κ2) is 4.75. The largest absolute Gasteiger partial charge is 0.416 e. The molecule has 1 aromatic carbocycles. The van der Waals surface area contributed by atoms with E-state index in [1.165, 1.54) is 0 Å². The molecule has 1 amide bonds. The molecular formula is C14H15F4NO. The number of carbonyl (C=O) groups excluding carboxylic acids is 1. The van der Waals surface area contributed by atoms with E-state index in [2.05, 4.69) is 5.32 Å². The smallest absolute Gasteiger partial charge is 0.352 e. The van der Waals surface area contributed by atoms with Crippen LogP contribution in [0.4, 0.5) is 17.6 Å². The zero-order valence-corrected chi connectivity index (χ0v) is 11.1. The van der Waals surface area contributed by atoms with Crippen molar-refractivity contribution < 1.29 is 22.4 Å². The maximum absolute atomic E-state index is 13.2. The summed E-state index contributed by atoms with van der Waals surface area (Å²) in [6.45, 7) is 3.79. The minimum atomic E-state index is -4.60. The standard InChI is InChI=1S/C14H15F4NO/c1-13(2)6-11(13)12(20)19-7-8-3-9(14(16,17)18)5-10(15)4-8/h3-5,11H,6-7H2,1-2H3,(H,19,20)/t11-/m0/s1. The molecule has 1 saturated carbocycles. The molecule has 110 valence electrons. The van der Waals surface area contributed by atoms with E-state index in [0.717, 1.165) is 18.6 Å². The van der Waals surface area contributed by atoms with E-state index in [1.807, 2.05) is 13.8 Å². The van der Waals surface area contributed by atoms with Crippen LogP contribution in [0.1, 0.15) is 31.4 Å². The predicted molar refractivity (Wildman–Crippen MR) is 65.1 cm³/mol. The Labute approximate surface area is 114 Å². The lowest BCUT2D eigenvalue weighted by Gasteiger charge is -2.11. The Hall–Kier alpha value is -1.59. The summed E-state index contributed by atoms with van der Waals surface area (Å²) >= 11 is 0.